The zero-order valence-electron chi connectivity index (χ0n) is 12.5. The van der Waals surface area contributed by atoms with Gasteiger partial charge < -0.3 is 10.2 Å². The second-order valence-corrected chi connectivity index (χ2v) is 5.30. The van der Waals surface area contributed by atoms with Crippen LogP contribution in [0.3, 0.4) is 0 Å². The Morgan fingerprint density at radius 1 is 1.38 bits per heavy atom. The molecule has 0 aromatic heterocycles. The molecule has 4 heteroatoms. The molecule has 1 atom stereocenters. The lowest BCUT2D eigenvalue weighted by Gasteiger charge is -2.36. The summed E-state index contributed by atoms with van der Waals surface area (Å²) in [6.07, 6.45) is 3.41. The van der Waals surface area contributed by atoms with Crippen molar-refractivity contribution in [3.8, 4) is 0 Å². The molecule has 0 spiro atoms. The molecule has 0 saturated carbocycles. The van der Waals surface area contributed by atoms with Crippen molar-refractivity contribution in [3.05, 3.63) is 48.0 Å². The van der Waals surface area contributed by atoms with Crippen molar-refractivity contribution in [2.24, 2.45) is 0 Å². The van der Waals surface area contributed by atoms with Crippen LogP contribution in [0.2, 0.25) is 0 Å². The van der Waals surface area contributed by atoms with E-state index in [1.54, 1.807) is 0 Å². The molecule has 21 heavy (non-hydrogen) atoms. The first-order valence-electron chi connectivity index (χ1n) is 7.42. The standard InChI is InChI=1S/C17H22N2O2/c1-3-15-11-13-7-5-6-8-14(13)12-19(15)17(21)9-10-18-16(20)4-2/h4-8,15H,2-3,9-12H2,1H3,(H,18,20). The van der Waals surface area contributed by atoms with E-state index < -0.39 is 0 Å². The van der Waals surface area contributed by atoms with Crippen LogP contribution < -0.4 is 5.32 Å². The molecule has 0 saturated heterocycles. The van der Waals surface area contributed by atoms with Gasteiger partial charge in [0.2, 0.25) is 11.8 Å². The lowest BCUT2D eigenvalue weighted by atomic mass is 9.92. The average molecular weight is 286 g/mol. The summed E-state index contributed by atoms with van der Waals surface area (Å²) >= 11 is 0. The highest BCUT2D eigenvalue weighted by molar-refractivity contribution is 5.87. The molecule has 0 aliphatic carbocycles. The zero-order valence-corrected chi connectivity index (χ0v) is 12.5. The Bertz CT molecular complexity index is 539. The van der Waals surface area contributed by atoms with Gasteiger partial charge >= 0.3 is 0 Å². The number of amides is 2. The molecule has 2 rings (SSSR count). The molecule has 0 fully saturated rings. The molecule has 4 nitrogen and oxygen atoms in total. The number of rotatable bonds is 5. The highest BCUT2D eigenvalue weighted by Gasteiger charge is 2.27. The summed E-state index contributed by atoms with van der Waals surface area (Å²) in [7, 11) is 0. The molecule has 1 aromatic carbocycles. The van der Waals surface area contributed by atoms with Crippen LogP contribution in [0.5, 0.6) is 0 Å². The van der Waals surface area contributed by atoms with Crippen molar-refractivity contribution in [1.82, 2.24) is 10.2 Å². The average Bonchev–Trinajstić information content (AvgIpc) is 2.53. The van der Waals surface area contributed by atoms with E-state index in [1.165, 1.54) is 17.2 Å². The number of carbonyl (C=O) groups excluding carboxylic acids is 2. The van der Waals surface area contributed by atoms with Gasteiger partial charge in [0.15, 0.2) is 0 Å². The maximum Gasteiger partial charge on any atom is 0.243 e. The fraction of sp³-hybridized carbons (Fsp3) is 0.412. The van der Waals surface area contributed by atoms with Gasteiger partial charge in [-0.15, -0.1) is 0 Å². The minimum absolute atomic E-state index is 0.0979. The number of hydrogen-bond donors (Lipinski definition) is 1. The van der Waals surface area contributed by atoms with Gasteiger partial charge in [-0.3, -0.25) is 9.59 Å². The van der Waals surface area contributed by atoms with Crippen LogP contribution in [0.25, 0.3) is 0 Å². The van der Waals surface area contributed by atoms with Crippen molar-refractivity contribution >= 4 is 11.8 Å². The van der Waals surface area contributed by atoms with Crippen LogP contribution in [0, 0.1) is 0 Å². The van der Waals surface area contributed by atoms with E-state index in [9.17, 15) is 9.59 Å². The summed E-state index contributed by atoms with van der Waals surface area (Å²) in [5.41, 5.74) is 2.57. The molecule has 1 aliphatic heterocycles. The molecule has 1 aromatic rings. The van der Waals surface area contributed by atoms with Gasteiger partial charge in [-0.25, -0.2) is 0 Å². The quantitative estimate of drug-likeness (QED) is 0.842. The summed E-state index contributed by atoms with van der Waals surface area (Å²) in [5.74, 6) is -0.139. The first-order valence-corrected chi connectivity index (χ1v) is 7.42. The lowest BCUT2D eigenvalue weighted by Crippen LogP contribution is -2.44. The molecule has 112 valence electrons. The fourth-order valence-electron chi connectivity index (χ4n) is 2.75. The predicted octanol–water partition coefficient (Wildman–Crippen LogP) is 2.04. The fourth-order valence-corrected chi connectivity index (χ4v) is 2.75. The molecule has 1 aliphatic rings. The summed E-state index contributed by atoms with van der Waals surface area (Å²) in [4.78, 5) is 25.4. The van der Waals surface area contributed by atoms with Crippen molar-refractivity contribution in [2.45, 2.75) is 38.8 Å². The molecule has 1 N–H and O–H groups in total. The van der Waals surface area contributed by atoms with E-state index in [2.05, 4.69) is 31.0 Å². The number of fused-ring (bicyclic) bond motifs is 1. The van der Waals surface area contributed by atoms with Crippen LogP contribution >= 0.6 is 0 Å². The van der Waals surface area contributed by atoms with Crippen molar-refractivity contribution in [3.63, 3.8) is 0 Å². The van der Waals surface area contributed by atoms with E-state index in [0.717, 1.165) is 12.8 Å². The van der Waals surface area contributed by atoms with Gasteiger partial charge in [0.25, 0.3) is 0 Å². The van der Waals surface area contributed by atoms with Crippen LogP contribution in [-0.2, 0) is 22.6 Å². The van der Waals surface area contributed by atoms with E-state index in [0.29, 0.717) is 19.5 Å². The number of nitrogens with one attached hydrogen (secondary N) is 1. The molecule has 2 amide bonds. The third kappa shape index (κ3) is 3.72. The van der Waals surface area contributed by atoms with Gasteiger partial charge in [0.1, 0.15) is 0 Å². The van der Waals surface area contributed by atoms with E-state index in [1.807, 2.05) is 17.0 Å². The first-order chi connectivity index (χ1) is 10.2. The minimum Gasteiger partial charge on any atom is -0.352 e. The molecule has 1 heterocycles. The number of carbonyl (C=O) groups is 2. The van der Waals surface area contributed by atoms with Gasteiger partial charge in [0, 0.05) is 25.6 Å². The molecular formula is C17H22N2O2. The predicted molar refractivity (Wildman–Crippen MR) is 82.6 cm³/mol. The molecule has 1 unspecified atom stereocenters. The third-order valence-corrected chi connectivity index (χ3v) is 3.97. The Morgan fingerprint density at radius 3 is 2.76 bits per heavy atom. The molecular weight excluding hydrogens is 264 g/mol. The Morgan fingerprint density at radius 2 is 2.10 bits per heavy atom. The molecule has 0 bridgehead atoms. The summed E-state index contributed by atoms with van der Waals surface area (Å²) in [6.45, 7) is 6.53. The highest BCUT2D eigenvalue weighted by atomic mass is 16.2. The lowest BCUT2D eigenvalue weighted by molar-refractivity contribution is -0.134. The third-order valence-electron chi connectivity index (χ3n) is 3.97. The van der Waals surface area contributed by atoms with Gasteiger partial charge in [-0.2, -0.15) is 0 Å². The monoisotopic (exact) mass is 286 g/mol. The number of benzene rings is 1. The van der Waals surface area contributed by atoms with Crippen molar-refractivity contribution in [1.29, 1.82) is 0 Å². The number of hydrogen-bond acceptors (Lipinski definition) is 2. The van der Waals surface area contributed by atoms with Gasteiger partial charge in [-0.1, -0.05) is 37.8 Å². The van der Waals surface area contributed by atoms with Crippen LogP contribution in [0.1, 0.15) is 30.9 Å². The highest BCUT2D eigenvalue weighted by Crippen LogP contribution is 2.25. The van der Waals surface area contributed by atoms with E-state index in [-0.39, 0.29) is 17.9 Å². The summed E-state index contributed by atoms with van der Waals surface area (Å²) in [5, 5.41) is 2.65. The maximum absolute atomic E-state index is 12.4. The number of nitrogens with zero attached hydrogens (tertiary/aromatic N) is 1. The van der Waals surface area contributed by atoms with Crippen molar-refractivity contribution < 1.29 is 9.59 Å². The van der Waals surface area contributed by atoms with E-state index in [4.69, 9.17) is 0 Å². The first kappa shape index (κ1) is 15.3. The Hall–Kier alpha value is -2.10. The second kappa shape index (κ2) is 7.07. The van der Waals surface area contributed by atoms with Crippen LogP contribution in [-0.4, -0.2) is 29.3 Å². The Labute approximate surface area is 125 Å². The smallest absolute Gasteiger partial charge is 0.243 e. The Balaban J connectivity index is 1.99. The largest absolute Gasteiger partial charge is 0.352 e. The Kier molecular flexibility index (Phi) is 5.14. The zero-order chi connectivity index (χ0) is 15.2. The van der Waals surface area contributed by atoms with Crippen LogP contribution in [0.15, 0.2) is 36.9 Å². The van der Waals surface area contributed by atoms with Gasteiger partial charge in [0.05, 0.1) is 0 Å². The van der Waals surface area contributed by atoms with E-state index >= 15 is 0 Å². The van der Waals surface area contributed by atoms with Gasteiger partial charge in [-0.05, 0) is 30.0 Å². The van der Waals surface area contributed by atoms with Crippen molar-refractivity contribution in [2.75, 3.05) is 6.54 Å². The maximum atomic E-state index is 12.4. The topological polar surface area (TPSA) is 49.4 Å². The normalized spacial score (nSPS) is 17.0. The molecule has 0 radical (unpaired) electrons. The minimum atomic E-state index is -0.237. The SMILES string of the molecule is C=CC(=O)NCCC(=O)N1Cc2ccccc2CC1CC. The van der Waals surface area contributed by atoms with Crippen LogP contribution in [0.4, 0.5) is 0 Å². The summed E-state index contributed by atoms with van der Waals surface area (Å²) in [6, 6.07) is 8.54. The summed E-state index contributed by atoms with van der Waals surface area (Å²) < 4.78 is 0. The second-order valence-electron chi connectivity index (χ2n) is 5.30.